The van der Waals surface area contributed by atoms with Crippen molar-refractivity contribution in [2.24, 2.45) is 0 Å². The van der Waals surface area contributed by atoms with Crippen molar-refractivity contribution >= 4 is 24.8 Å². The summed E-state index contributed by atoms with van der Waals surface area (Å²) in [7, 11) is 0. The Bertz CT molecular complexity index is 490. The van der Waals surface area contributed by atoms with E-state index in [1.54, 1.807) is 4.90 Å². The van der Waals surface area contributed by atoms with Gasteiger partial charge in [0, 0.05) is 31.7 Å². The Hall–Kier alpha value is -0.830. The molecule has 0 aliphatic carbocycles. The highest BCUT2D eigenvalue weighted by atomic mass is 35.5. The maximum atomic E-state index is 13.4. The summed E-state index contributed by atoms with van der Waals surface area (Å²) in [6.45, 7) is 1.54. The fourth-order valence-electron chi connectivity index (χ4n) is 2.41. The van der Waals surface area contributed by atoms with Crippen LogP contribution < -0.4 is 10.1 Å². The highest BCUT2D eigenvalue weighted by Crippen LogP contribution is 2.35. The van der Waals surface area contributed by atoms with E-state index in [0.717, 1.165) is 6.07 Å². The summed E-state index contributed by atoms with van der Waals surface area (Å²) in [6.07, 6.45) is -8.57. The molecule has 0 amide bonds. The number of piperazine rings is 1. The second-order valence-corrected chi connectivity index (χ2v) is 4.96. The number of nitrogens with zero attached hydrogens (tertiary/aromatic N) is 1. The van der Waals surface area contributed by atoms with E-state index >= 15 is 0 Å². The molecule has 1 atom stereocenters. The molecule has 1 N–H and O–H groups in total. The highest BCUT2D eigenvalue weighted by molar-refractivity contribution is 5.85. The van der Waals surface area contributed by atoms with Gasteiger partial charge in [-0.2, -0.15) is 17.6 Å². The average Bonchev–Trinajstić information content (AvgIpc) is 2.50. The van der Waals surface area contributed by atoms with Crippen LogP contribution in [0.5, 0.6) is 5.75 Å². The van der Waals surface area contributed by atoms with Crippen LogP contribution in [0.2, 0.25) is 0 Å². The van der Waals surface area contributed by atoms with Crippen molar-refractivity contribution in [2.45, 2.75) is 18.6 Å². The molecule has 1 fully saturated rings. The average molecular weight is 397 g/mol. The van der Waals surface area contributed by atoms with Gasteiger partial charge < -0.3 is 10.1 Å². The Morgan fingerprint density at radius 1 is 1.12 bits per heavy atom. The summed E-state index contributed by atoms with van der Waals surface area (Å²) in [5, 5.41) is 3.10. The SMILES string of the molecule is Cl.Cl.FC[C@H](c1ccccc1OC(F)(F)C(F)F)N1CCNCC1. The Kier molecular flexibility index (Phi) is 9.87. The number of alkyl halides is 5. The lowest BCUT2D eigenvalue weighted by Crippen LogP contribution is -2.46. The molecule has 140 valence electrons. The normalized spacial score (nSPS) is 16.9. The highest BCUT2D eigenvalue weighted by Gasteiger charge is 2.44. The van der Waals surface area contributed by atoms with Crippen molar-refractivity contribution in [3.8, 4) is 5.75 Å². The zero-order valence-corrected chi connectivity index (χ0v) is 14.2. The molecule has 1 aliphatic rings. The van der Waals surface area contributed by atoms with Gasteiger partial charge in [-0.15, -0.1) is 24.8 Å². The van der Waals surface area contributed by atoms with Gasteiger partial charge in [-0.25, -0.2) is 4.39 Å². The summed E-state index contributed by atoms with van der Waals surface area (Å²) in [5.41, 5.74) is 0.146. The predicted molar refractivity (Wildman–Crippen MR) is 85.7 cm³/mol. The molecule has 0 saturated carbocycles. The van der Waals surface area contributed by atoms with E-state index in [2.05, 4.69) is 10.1 Å². The Balaban J connectivity index is 0.00000264. The number of hydrogen-bond acceptors (Lipinski definition) is 3. The standard InChI is InChI=1S/C14H17F5N2O.2ClH/c15-9-11(21-7-5-20-6-8-21)10-3-1-2-4-12(10)22-14(18,19)13(16)17;;/h1-4,11,13,20H,5-9H2;2*1H/t11-;;/m1../s1. The lowest BCUT2D eigenvalue weighted by atomic mass is 10.0. The van der Waals surface area contributed by atoms with Crippen LogP contribution in [-0.4, -0.2) is 50.3 Å². The Morgan fingerprint density at radius 2 is 1.71 bits per heavy atom. The van der Waals surface area contributed by atoms with E-state index in [4.69, 9.17) is 0 Å². The summed E-state index contributed by atoms with van der Waals surface area (Å²) >= 11 is 0. The molecule has 0 unspecified atom stereocenters. The minimum Gasteiger partial charge on any atom is -0.428 e. The zero-order valence-electron chi connectivity index (χ0n) is 12.6. The van der Waals surface area contributed by atoms with Crippen LogP contribution in [-0.2, 0) is 0 Å². The second-order valence-electron chi connectivity index (χ2n) is 4.96. The topological polar surface area (TPSA) is 24.5 Å². The monoisotopic (exact) mass is 396 g/mol. The van der Waals surface area contributed by atoms with E-state index in [1.807, 2.05) is 0 Å². The van der Waals surface area contributed by atoms with Gasteiger partial charge in [-0.05, 0) is 6.07 Å². The maximum Gasteiger partial charge on any atom is 0.461 e. The number of rotatable bonds is 6. The first-order valence-electron chi connectivity index (χ1n) is 6.90. The summed E-state index contributed by atoms with van der Waals surface area (Å²) in [4.78, 5) is 1.78. The van der Waals surface area contributed by atoms with E-state index in [-0.39, 0.29) is 30.4 Å². The third-order valence-corrected chi connectivity index (χ3v) is 3.52. The third kappa shape index (κ3) is 5.61. The Labute approximate surface area is 149 Å². The van der Waals surface area contributed by atoms with E-state index in [1.165, 1.54) is 18.2 Å². The molecule has 2 rings (SSSR count). The van der Waals surface area contributed by atoms with Gasteiger partial charge >= 0.3 is 12.5 Å². The zero-order chi connectivity index (χ0) is 16.2. The van der Waals surface area contributed by atoms with Gasteiger partial charge in [-0.3, -0.25) is 4.90 Å². The first-order chi connectivity index (χ1) is 10.5. The van der Waals surface area contributed by atoms with Crippen LogP contribution in [0.4, 0.5) is 22.0 Å². The summed E-state index contributed by atoms with van der Waals surface area (Å²) < 4.78 is 68.5. The van der Waals surface area contributed by atoms with E-state index in [9.17, 15) is 22.0 Å². The van der Waals surface area contributed by atoms with Crippen LogP contribution in [0.15, 0.2) is 24.3 Å². The second kappa shape index (κ2) is 10.2. The molecule has 1 saturated heterocycles. The predicted octanol–water partition coefficient (Wildman–Crippen LogP) is 3.68. The molecule has 0 aromatic heterocycles. The van der Waals surface area contributed by atoms with E-state index in [0.29, 0.717) is 26.2 Å². The van der Waals surface area contributed by atoms with Crippen molar-refractivity contribution in [3.05, 3.63) is 29.8 Å². The van der Waals surface area contributed by atoms with Gasteiger partial charge in [0.05, 0.1) is 6.04 Å². The van der Waals surface area contributed by atoms with Crippen LogP contribution >= 0.6 is 24.8 Å². The quantitative estimate of drug-likeness (QED) is 0.742. The number of nitrogens with one attached hydrogen (secondary N) is 1. The fraction of sp³-hybridized carbons (Fsp3) is 0.571. The van der Waals surface area contributed by atoms with Crippen molar-refractivity contribution in [1.29, 1.82) is 0 Å². The van der Waals surface area contributed by atoms with Crippen LogP contribution in [0.25, 0.3) is 0 Å². The third-order valence-electron chi connectivity index (χ3n) is 3.52. The van der Waals surface area contributed by atoms with Crippen LogP contribution in [0.3, 0.4) is 0 Å². The lowest BCUT2D eigenvalue weighted by molar-refractivity contribution is -0.253. The van der Waals surface area contributed by atoms with Crippen LogP contribution in [0.1, 0.15) is 11.6 Å². The van der Waals surface area contributed by atoms with Crippen molar-refractivity contribution < 1.29 is 26.7 Å². The molecule has 3 nitrogen and oxygen atoms in total. The molecule has 1 aromatic carbocycles. The van der Waals surface area contributed by atoms with E-state index < -0.39 is 31.0 Å². The van der Waals surface area contributed by atoms with Gasteiger partial charge in [-0.1, -0.05) is 18.2 Å². The molecule has 1 aromatic rings. The number of ether oxygens (including phenoxy) is 1. The molecule has 1 aliphatic heterocycles. The summed E-state index contributed by atoms with van der Waals surface area (Å²) in [5.74, 6) is -0.422. The number of benzene rings is 1. The smallest absolute Gasteiger partial charge is 0.428 e. The molecular weight excluding hydrogens is 378 g/mol. The van der Waals surface area contributed by atoms with Gasteiger partial charge in [0.15, 0.2) is 0 Å². The summed E-state index contributed by atoms with van der Waals surface area (Å²) in [6, 6.07) is 4.69. The fourth-order valence-corrected chi connectivity index (χ4v) is 2.41. The van der Waals surface area contributed by atoms with Gasteiger partial charge in [0.2, 0.25) is 0 Å². The van der Waals surface area contributed by atoms with Gasteiger partial charge in [0.1, 0.15) is 12.4 Å². The minimum absolute atomic E-state index is 0. The molecule has 0 bridgehead atoms. The molecule has 1 heterocycles. The maximum absolute atomic E-state index is 13.4. The van der Waals surface area contributed by atoms with Crippen molar-refractivity contribution in [3.63, 3.8) is 0 Å². The lowest BCUT2D eigenvalue weighted by Gasteiger charge is -2.34. The largest absolute Gasteiger partial charge is 0.461 e. The first kappa shape index (κ1) is 23.2. The molecule has 0 spiro atoms. The van der Waals surface area contributed by atoms with Crippen molar-refractivity contribution in [1.82, 2.24) is 10.2 Å². The van der Waals surface area contributed by atoms with Crippen LogP contribution in [0, 0.1) is 0 Å². The van der Waals surface area contributed by atoms with Gasteiger partial charge in [0.25, 0.3) is 0 Å². The number of halogens is 7. The first-order valence-corrected chi connectivity index (χ1v) is 6.90. The van der Waals surface area contributed by atoms with Crippen molar-refractivity contribution in [2.75, 3.05) is 32.9 Å². The number of para-hydroxylation sites is 1. The molecule has 10 heteroatoms. The Morgan fingerprint density at radius 3 is 2.25 bits per heavy atom. The minimum atomic E-state index is -4.61. The molecule has 24 heavy (non-hydrogen) atoms. The number of hydrogen-bond donors (Lipinski definition) is 1. The molecular formula is C14H19Cl2F5N2O. The molecule has 0 radical (unpaired) electrons.